The fourth-order valence-corrected chi connectivity index (χ4v) is 0.710. The minimum Gasteiger partial charge on any atom is -0.359 e. The first-order chi connectivity index (χ1) is 3.70. The Morgan fingerprint density at radius 2 is 1.88 bits per heavy atom. The van der Waals surface area contributed by atoms with Crippen molar-refractivity contribution in [1.82, 2.24) is 5.32 Å². The summed E-state index contributed by atoms with van der Waals surface area (Å²) < 4.78 is 0. The van der Waals surface area contributed by atoms with Crippen LogP contribution in [0, 0.1) is 0 Å². The monoisotopic (exact) mass is 107 g/mol. The molecule has 1 fully saturated rings. The summed E-state index contributed by atoms with van der Waals surface area (Å²) in [7, 11) is 0. The Labute approximate surface area is 49.4 Å². The Hall–Kier alpha value is -0.980. The van der Waals surface area contributed by atoms with Gasteiger partial charge in [0.2, 0.25) is 0 Å². The molecule has 0 aromatic heterocycles. The van der Waals surface area contributed by atoms with E-state index in [0.717, 1.165) is 23.4 Å². The van der Waals surface area contributed by atoms with Crippen molar-refractivity contribution in [3.63, 3.8) is 0 Å². The molecule has 0 spiro atoms. The van der Waals surface area contributed by atoms with Gasteiger partial charge in [-0.1, -0.05) is 19.7 Å². The maximum atomic E-state index is 3.76. The molecule has 1 heterocycles. The van der Waals surface area contributed by atoms with Gasteiger partial charge < -0.3 is 5.32 Å². The second-order valence-corrected chi connectivity index (χ2v) is 1.99. The standard InChI is InChI=1S/C7H9N/c1-5-4-6(2)8-7(5)3/h8H,1-4H2. The van der Waals surface area contributed by atoms with Gasteiger partial charge in [0.05, 0.1) is 0 Å². The minimum atomic E-state index is 0.860. The summed E-state index contributed by atoms with van der Waals surface area (Å²) in [5, 5.41) is 2.98. The number of hydrogen-bond acceptors (Lipinski definition) is 1. The first kappa shape index (κ1) is 5.16. The molecule has 0 atom stereocenters. The van der Waals surface area contributed by atoms with E-state index in [1.54, 1.807) is 0 Å². The van der Waals surface area contributed by atoms with Crippen molar-refractivity contribution in [2.24, 2.45) is 0 Å². The van der Waals surface area contributed by atoms with Crippen LogP contribution in [0.3, 0.4) is 0 Å². The number of allylic oxidation sites excluding steroid dienone is 2. The van der Waals surface area contributed by atoms with Crippen LogP contribution in [0.4, 0.5) is 0 Å². The van der Waals surface area contributed by atoms with Gasteiger partial charge in [0.1, 0.15) is 0 Å². The molecule has 1 saturated heterocycles. The van der Waals surface area contributed by atoms with Crippen molar-refractivity contribution in [1.29, 1.82) is 0 Å². The summed E-state index contributed by atoms with van der Waals surface area (Å²) >= 11 is 0. The van der Waals surface area contributed by atoms with E-state index in [1.807, 2.05) is 0 Å². The first-order valence-corrected chi connectivity index (χ1v) is 2.52. The third kappa shape index (κ3) is 0.668. The van der Waals surface area contributed by atoms with Gasteiger partial charge in [-0.2, -0.15) is 0 Å². The lowest BCUT2D eigenvalue weighted by atomic mass is 10.2. The number of nitrogens with one attached hydrogen (secondary N) is 1. The Balaban J connectivity index is 2.79. The molecule has 1 aliphatic rings. The summed E-state index contributed by atoms with van der Waals surface area (Å²) in [4.78, 5) is 0. The van der Waals surface area contributed by atoms with Gasteiger partial charge in [0.15, 0.2) is 0 Å². The van der Waals surface area contributed by atoms with Gasteiger partial charge in [0, 0.05) is 17.8 Å². The molecule has 1 nitrogen and oxygen atoms in total. The minimum absolute atomic E-state index is 0.860. The Morgan fingerprint density at radius 1 is 1.25 bits per heavy atom. The third-order valence-electron chi connectivity index (χ3n) is 1.18. The molecule has 1 N–H and O–H groups in total. The Morgan fingerprint density at radius 3 is 2.00 bits per heavy atom. The topological polar surface area (TPSA) is 12.0 Å². The van der Waals surface area contributed by atoms with Crippen molar-refractivity contribution in [2.75, 3.05) is 0 Å². The van der Waals surface area contributed by atoms with Crippen LogP contribution in [-0.4, -0.2) is 0 Å². The second-order valence-electron chi connectivity index (χ2n) is 1.99. The molecule has 0 saturated carbocycles. The molecule has 1 aliphatic heterocycles. The van der Waals surface area contributed by atoms with Crippen molar-refractivity contribution >= 4 is 0 Å². The van der Waals surface area contributed by atoms with Crippen LogP contribution in [-0.2, 0) is 0 Å². The fraction of sp³-hybridized carbons (Fsp3) is 0.143. The van der Waals surface area contributed by atoms with E-state index in [0.29, 0.717) is 0 Å². The molecule has 0 amide bonds. The van der Waals surface area contributed by atoms with Gasteiger partial charge >= 0.3 is 0 Å². The second kappa shape index (κ2) is 1.51. The Kier molecular flexibility index (Phi) is 0.975. The lowest BCUT2D eigenvalue weighted by Gasteiger charge is -1.91. The quantitative estimate of drug-likeness (QED) is 0.495. The van der Waals surface area contributed by atoms with Crippen LogP contribution < -0.4 is 5.32 Å². The zero-order valence-corrected chi connectivity index (χ0v) is 4.83. The smallest absolute Gasteiger partial charge is 0.0339 e. The molecule has 42 valence electrons. The molecule has 0 unspecified atom stereocenters. The SMILES string of the molecule is C=C1CC(=C)C(=C)N1. The van der Waals surface area contributed by atoms with Crippen LogP contribution >= 0.6 is 0 Å². The van der Waals surface area contributed by atoms with Crippen LogP contribution in [0.25, 0.3) is 0 Å². The van der Waals surface area contributed by atoms with E-state index in [1.165, 1.54) is 0 Å². The molecule has 0 aromatic carbocycles. The lowest BCUT2D eigenvalue weighted by molar-refractivity contribution is 1.07. The van der Waals surface area contributed by atoms with E-state index in [2.05, 4.69) is 25.1 Å². The highest BCUT2D eigenvalue weighted by atomic mass is 14.9. The summed E-state index contributed by atoms with van der Waals surface area (Å²) in [6.45, 7) is 11.2. The van der Waals surface area contributed by atoms with Gasteiger partial charge in [-0.25, -0.2) is 0 Å². The van der Waals surface area contributed by atoms with Crippen LogP contribution in [0.2, 0.25) is 0 Å². The molecule has 1 heteroatoms. The van der Waals surface area contributed by atoms with E-state index in [9.17, 15) is 0 Å². The average Bonchev–Trinajstić information content (AvgIpc) is 1.85. The molecule has 0 aromatic rings. The lowest BCUT2D eigenvalue weighted by Crippen LogP contribution is -1.98. The van der Waals surface area contributed by atoms with Gasteiger partial charge in [-0.05, 0) is 5.57 Å². The van der Waals surface area contributed by atoms with E-state index in [4.69, 9.17) is 0 Å². The average molecular weight is 107 g/mol. The fourth-order valence-electron chi connectivity index (χ4n) is 0.710. The van der Waals surface area contributed by atoms with E-state index >= 15 is 0 Å². The van der Waals surface area contributed by atoms with Crippen molar-refractivity contribution in [2.45, 2.75) is 6.42 Å². The molecule has 0 aliphatic carbocycles. The van der Waals surface area contributed by atoms with E-state index < -0.39 is 0 Å². The zero-order valence-electron chi connectivity index (χ0n) is 4.83. The molecular formula is C7H9N. The number of rotatable bonds is 0. The van der Waals surface area contributed by atoms with Gasteiger partial charge in [-0.3, -0.25) is 0 Å². The molecule has 0 radical (unpaired) electrons. The van der Waals surface area contributed by atoms with Crippen molar-refractivity contribution < 1.29 is 0 Å². The van der Waals surface area contributed by atoms with Crippen molar-refractivity contribution in [3.05, 3.63) is 36.7 Å². The summed E-state index contributed by atoms with van der Waals surface area (Å²) in [6, 6.07) is 0. The summed E-state index contributed by atoms with van der Waals surface area (Å²) in [6.07, 6.45) is 0.860. The predicted octanol–water partition coefficient (Wildman–Crippen LogP) is 1.56. The molecule has 0 bridgehead atoms. The summed E-state index contributed by atoms with van der Waals surface area (Å²) in [5.41, 5.74) is 2.96. The van der Waals surface area contributed by atoms with Crippen LogP contribution in [0.5, 0.6) is 0 Å². The maximum Gasteiger partial charge on any atom is 0.0339 e. The highest BCUT2D eigenvalue weighted by Crippen LogP contribution is 2.19. The normalized spacial score (nSPS) is 19.2. The predicted molar refractivity (Wildman–Crippen MR) is 35.2 cm³/mol. The van der Waals surface area contributed by atoms with E-state index in [-0.39, 0.29) is 0 Å². The number of hydrogen-bond donors (Lipinski definition) is 1. The van der Waals surface area contributed by atoms with Crippen LogP contribution in [0.1, 0.15) is 6.42 Å². The van der Waals surface area contributed by atoms with Gasteiger partial charge in [-0.15, -0.1) is 0 Å². The highest BCUT2D eigenvalue weighted by Gasteiger charge is 2.09. The Bertz CT molecular complexity index is 147. The largest absolute Gasteiger partial charge is 0.359 e. The third-order valence-corrected chi connectivity index (χ3v) is 1.18. The molecule has 8 heavy (non-hydrogen) atoms. The zero-order chi connectivity index (χ0) is 6.15. The van der Waals surface area contributed by atoms with Crippen molar-refractivity contribution in [3.8, 4) is 0 Å². The first-order valence-electron chi connectivity index (χ1n) is 2.52. The highest BCUT2D eigenvalue weighted by molar-refractivity contribution is 5.36. The van der Waals surface area contributed by atoms with Crippen LogP contribution in [0.15, 0.2) is 36.7 Å². The summed E-state index contributed by atoms with van der Waals surface area (Å²) in [5.74, 6) is 0. The molecular weight excluding hydrogens is 98.1 g/mol. The molecule has 1 rings (SSSR count). The maximum absolute atomic E-state index is 3.76. The van der Waals surface area contributed by atoms with Gasteiger partial charge in [0.25, 0.3) is 0 Å².